The van der Waals surface area contributed by atoms with Crippen LogP contribution in [0.4, 0.5) is 0 Å². The first-order valence-electron chi connectivity index (χ1n) is 8.81. The van der Waals surface area contributed by atoms with Crippen LogP contribution < -0.4 is 0 Å². The Morgan fingerprint density at radius 2 is 1.87 bits per heavy atom. The monoisotopic (exact) mass is 318 g/mol. The zero-order valence-electron chi connectivity index (χ0n) is 13.8. The van der Waals surface area contributed by atoms with Gasteiger partial charge in [0, 0.05) is 5.41 Å². The minimum atomic E-state index is -0.630. The third-order valence-electron chi connectivity index (χ3n) is 7.61. The molecular formula is C19H26O4. The number of allylic oxidation sites excluding steroid dienone is 2. The Morgan fingerprint density at radius 3 is 2.61 bits per heavy atom. The summed E-state index contributed by atoms with van der Waals surface area (Å²) in [6.07, 6.45) is 6.72. The number of fused-ring (bicyclic) bond motifs is 5. The first kappa shape index (κ1) is 15.4. The molecule has 4 aliphatic carbocycles. The minimum absolute atomic E-state index is 0.0469. The van der Waals surface area contributed by atoms with Crippen molar-refractivity contribution in [1.29, 1.82) is 0 Å². The number of hydrogen-bond donors (Lipinski definition) is 3. The highest BCUT2D eigenvalue weighted by Gasteiger charge is 2.60. The van der Waals surface area contributed by atoms with Crippen LogP contribution >= 0.6 is 0 Å². The Hall–Kier alpha value is -1.13. The second-order valence-electron chi connectivity index (χ2n) is 8.54. The van der Waals surface area contributed by atoms with Gasteiger partial charge in [0.05, 0.1) is 12.2 Å². The molecule has 3 saturated carbocycles. The second-order valence-corrected chi connectivity index (χ2v) is 8.54. The van der Waals surface area contributed by atoms with E-state index < -0.39 is 17.3 Å². The highest BCUT2D eigenvalue weighted by Crippen LogP contribution is 2.64. The van der Waals surface area contributed by atoms with E-state index >= 15 is 0 Å². The van der Waals surface area contributed by atoms with Crippen molar-refractivity contribution in [2.24, 2.45) is 28.6 Å². The number of rotatable bonds is 0. The Balaban J connectivity index is 1.76. The van der Waals surface area contributed by atoms with Crippen LogP contribution in [0.3, 0.4) is 0 Å². The SMILES string of the molecule is C[C@]12C=C(O)C(=O)C=C1[C@H](O)CC1C2CC[C@@]2(C)C1CC[C@@H]2O. The summed E-state index contributed by atoms with van der Waals surface area (Å²) >= 11 is 0. The van der Waals surface area contributed by atoms with Gasteiger partial charge < -0.3 is 15.3 Å². The summed E-state index contributed by atoms with van der Waals surface area (Å²) in [5.74, 6) is 0.476. The molecule has 0 aromatic carbocycles. The van der Waals surface area contributed by atoms with Crippen molar-refractivity contribution in [2.75, 3.05) is 0 Å². The van der Waals surface area contributed by atoms with E-state index in [9.17, 15) is 20.1 Å². The van der Waals surface area contributed by atoms with Crippen molar-refractivity contribution >= 4 is 5.78 Å². The third-order valence-corrected chi connectivity index (χ3v) is 7.61. The van der Waals surface area contributed by atoms with Gasteiger partial charge in [-0.05, 0) is 73.0 Å². The molecule has 23 heavy (non-hydrogen) atoms. The molecule has 0 heterocycles. The molecular weight excluding hydrogens is 292 g/mol. The van der Waals surface area contributed by atoms with Crippen LogP contribution in [0.25, 0.3) is 0 Å². The molecule has 3 fully saturated rings. The number of carbonyl (C=O) groups is 1. The summed E-state index contributed by atoms with van der Waals surface area (Å²) in [7, 11) is 0. The Morgan fingerprint density at radius 1 is 1.13 bits per heavy atom. The van der Waals surface area contributed by atoms with Crippen LogP contribution in [0.2, 0.25) is 0 Å². The van der Waals surface area contributed by atoms with Crippen LogP contribution in [-0.2, 0) is 4.79 Å². The lowest BCUT2D eigenvalue weighted by molar-refractivity contribution is -0.115. The fourth-order valence-electron chi connectivity index (χ4n) is 6.30. The van der Waals surface area contributed by atoms with Gasteiger partial charge in [0.25, 0.3) is 0 Å². The predicted molar refractivity (Wildman–Crippen MR) is 85.6 cm³/mol. The lowest BCUT2D eigenvalue weighted by atomic mass is 9.48. The van der Waals surface area contributed by atoms with E-state index in [4.69, 9.17) is 0 Å². The summed E-state index contributed by atoms with van der Waals surface area (Å²) in [4.78, 5) is 11.8. The van der Waals surface area contributed by atoms with Gasteiger partial charge in [-0.25, -0.2) is 0 Å². The molecule has 7 atom stereocenters. The van der Waals surface area contributed by atoms with E-state index in [1.807, 2.05) is 0 Å². The number of carbonyl (C=O) groups excluding carboxylic acids is 1. The highest BCUT2D eigenvalue weighted by atomic mass is 16.3. The summed E-state index contributed by atoms with van der Waals surface area (Å²) in [6, 6.07) is 0. The largest absolute Gasteiger partial charge is 0.504 e. The summed E-state index contributed by atoms with van der Waals surface area (Å²) in [5, 5.41) is 31.1. The average Bonchev–Trinajstić information content (AvgIpc) is 2.78. The predicted octanol–water partition coefficient (Wildman–Crippen LogP) is 2.51. The van der Waals surface area contributed by atoms with E-state index in [2.05, 4.69) is 13.8 Å². The molecule has 0 bridgehead atoms. The molecule has 4 rings (SSSR count). The summed E-state index contributed by atoms with van der Waals surface area (Å²) in [6.45, 7) is 4.25. The molecule has 3 unspecified atom stereocenters. The van der Waals surface area contributed by atoms with E-state index in [0.717, 1.165) is 31.3 Å². The summed E-state index contributed by atoms with van der Waals surface area (Å²) < 4.78 is 0. The van der Waals surface area contributed by atoms with Crippen LogP contribution in [0, 0.1) is 28.6 Å². The fourth-order valence-corrected chi connectivity index (χ4v) is 6.30. The molecule has 0 aromatic rings. The van der Waals surface area contributed by atoms with Crippen LogP contribution in [0.5, 0.6) is 0 Å². The van der Waals surface area contributed by atoms with Crippen LogP contribution in [0.15, 0.2) is 23.5 Å². The van der Waals surface area contributed by atoms with Crippen molar-refractivity contribution in [3.63, 3.8) is 0 Å². The number of aliphatic hydroxyl groups excluding tert-OH is 3. The third kappa shape index (κ3) is 1.88. The van der Waals surface area contributed by atoms with Crippen molar-refractivity contribution in [1.82, 2.24) is 0 Å². The van der Waals surface area contributed by atoms with Gasteiger partial charge in [-0.2, -0.15) is 0 Å². The fraction of sp³-hybridized carbons (Fsp3) is 0.737. The van der Waals surface area contributed by atoms with E-state index in [0.29, 0.717) is 24.2 Å². The number of hydrogen-bond acceptors (Lipinski definition) is 4. The molecule has 0 spiro atoms. The molecule has 4 aliphatic rings. The molecule has 3 N–H and O–H groups in total. The molecule has 0 amide bonds. The first-order valence-corrected chi connectivity index (χ1v) is 8.81. The topological polar surface area (TPSA) is 77.8 Å². The maximum Gasteiger partial charge on any atom is 0.219 e. The quantitative estimate of drug-likeness (QED) is 0.641. The standard InChI is InChI=1S/C19H26O4/c1-18-6-5-12-10(11(18)3-4-17(18)23)7-14(20)13-8-15(21)16(22)9-19(12,13)2/h8-12,14,17,20,22-23H,3-7H2,1-2H3/t10?,11?,12?,14-,17+,18+,19-/m1/s1. The maximum absolute atomic E-state index is 11.8. The molecule has 0 aliphatic heterocycles. The maximum atomic E-state index is 11.8. The van der Waals surface area contributed by atoms with Crippen LogP contribution in [-0.4, -0.2) is 33.3 Å². The normalized spacial score (nSPS) is 52.2. The second kappa shape index (κ2) is 4.70. The zero-order valence-corrected chi connectivity index (χ0v) is 13.8. The smallest absolute Gasteiger partial charge is 0.219 e. The van der Waals surface area contributed by atoms with Crippen molar-refractivity contribution < 1.29 is 20.1 Å². The Kier molecular flexibility index (Phi) is 3.15. The van der Waals surface area contributed by atoms with Crippen molar-refractivity contribution in [2.45, 2.75) is 58.2 Å². The number of aliphatic hydroxyl groups is 3. The number of ketones is 1. The van der Waals surface area contributed by atoms with E-state index in [-0.39, 0.29) is 17.3 Å². The highest BCUT2D eigenvalue weighted by molar-refractivity contribution is 6.04. The van der Waals surface area contributed by atoms with Gasteiger partial charge in [0.2, 0.25) is 5.78 Å². The van der Waals surface area contributed by atoms with E-state index in [1.165, 1.54) is 6.08 Å². The first-order chi connectivity index (χ1) is 10.8. The van der Waals surface area contributed by atoms with Crippen molar-refractivity contribution in [3.8, 4) is 0 Å². The van der Waals surface area contributed by atoms with Gasteiger partial charge in [0.1, 0.15) is 0 Å². The summed E-state index contributed by atoms with van der Waals surface area (Å²) in [5.41, 5.74) is 0.271. The Labute approximate surface area is 136 Å². The molecule has 4 heteroatoms. The molecule has 0 saturated heterocycles. The molecule has 0 radical (unpaired) electrons. The van der Waals surface area contributed by atoms with Crippen molar-refractivity contribution in [3.05, 3.63) is 23.5 Å². The average molecular weight is 318 g/mol. The van der Waals surface area contributed by atoms with Gasteiger partial charge in [0.15, 0.2) is 5.76 Å². The minimum Gasteiger partial charge on any atom is -0.504 e. The Bertz CT molecular complexity index is 621. The van der Waals surface area contributed by atoms with Gasteiger partial charge in [-0.1, -0.05) is 13.8 Å². The van der Waals surface area contributed by atoms with Gasteiger partial charge in [-0.15, -0.1) is 0 Å². The molecule has 0 aromatic heterocycles. The van der Waals surface area contributed by atoms with Gasteiger partial charge >= 0.3 is 0 Å². The molecule has 4 nitrogen and oxygen atoms in total. The van der Waals surface area contributed by atoms with Crippen LogP contribution in [0.1, 0.15) is 46.0 Å². The lowest BCUT2D eigenvalue weighted by Gasteiger charge is -2.57. The molecule has 126 valence electrons. The lowest BCUT2D eigenvalue weighted by Crippen LogP contribution is -2.53. The van der Waals surface area contributed by atoms with Gasteiger partial charge in [-0.3, -0.25) is 4.79 Å². The zero-order chi connectivity index (χ0) is 16.6. The van der Waals surface area contributed by atoms with E-state index in [1.54, 1.807) is 6.08 Å².